The van der Waals surface area contributed by atoms with Crippen LogP contribution in [0.2, 0.25) is 0 Å². The maximum atomic E-state index is 10.2. The van der Waals surface area contributed by atoms with Crippen LogP contribution in [0.4, 0.5) is 0 Å². The lowest BCUT2D eigenvalue weighted by Crippen LogP contribution is -2.61. The van der Waals surface area contributed by atoms with Crippen LogP contribution in [0, 0.1) is 0 Å². The van der Waals surface area contributed by atoms with Gasteiger partial charge in [-0.05, 0) is 6.42 Å². The fourth-order valence-electron chi connectivity index (χ4n) is 3.67. The molecule has 0 aromatic carbocycles. The summed E-state index contributed by atoms with van der Waals surface area (Å²) in [6.45, 7) is 1.48. The van der Waals surface area contributed by atoms with Crippen LogP contribution in [-0.2, 0) is 18.9 Å². The number of unbranched alkanes of at least 4 members (excludes halogenated alkanes) is 5. The van der Waals surface area contributed by atoms with Crippen LogP contribution < -0.4 is 0 Å². The molecule has 11 heteroatoms. The van der Waals surface area contributed by atoms with Gasteiger partial charge in [0, 0.05) is 6.61 Å². The average Bonchev–Trinajstić information content (AvgIpc) is 2.77. The fourth-order valence-corrected chi connectivity index (χ4v) is 3.67. The van der Waals surface area contributed by atoms with Gasteiger partial charge in [0.25, 0.3) is 0 Å². The molecule has 31 heavy (non-hydrogen) atoms. The number of hydrogen-bond acceptors (Lipinski definition) is 11. The van der Waals surface area contributed by atoms with Crippen LogP contribution in [0.3, 0.4) is 0 Å². The lowest BCUT2D eigenvalue weighted by atomic mass is 9.98. The van der Waals surface area contributed by atoms with Crippen molar-refractivity contribution in [1.29, 1.82) is 0 Å². The fraction of sp³-hybridized carbons (Fsp3) is 1.00. The zero-order chi connectivity index (χ0) is 23.0. The number of aliphatic hydroxyl groups excluding tert-OH is 7. The Labute approximate surface area is 182 Å². The molecule has 2 rings (SSSR count). The lowest BCUT2D eigenvalue weighted by Gasteiger charge is -2.42. The highest BCUT2D eigenvalue weighted by atomic mass is 16.7. The van der Waals surface area contributed by atoms with Crippen LogP contribution in [0.15, 0.2) is 0 Å². The highest BCUT2D eigenvalue weighted by Crippen LogP contribution is 2.26. The molecule has 2 aliphatic heterocycles. The maximum Gasteiger partial charge on any atom is 0.186 e. The van der Waals surface area contributed by atoms with E-state index in [0.717, 1.165) is 32.1 Å². The Morgan fingerprint density at radius 3 is 1.74 bits per heavy atom. The van der Waals surface area contributed by atoms with Gasteiger partial charge in [0.1, 0.15) is 48.8 Å². The molecule has 0 aromatic heterocycles. The summed E-state index contributed by atoms with van der Waals surface area (Å²) >= 11 is 0. The second-order valence-electron chi connectivity index (χ2n) is 8.18. The van der Waals surface area contributed by atoms with Gasteiger partial charge in [-0.2, -0.15) is 0 Å². The first kappa shape index (κ1) is 26.8. The van der Waals surface area contributed by atoms with Crippen LogP contribution in [0.25, 0.3) is 0 Å². The topological polar surface area (TPSA) is 179 Å². The molecule has 184 valence electrons. The summed E-state index contributed by atoms with van der Waals surface area (Å²) in [4.78, 5) is 0. The van der Waals surface area contributed by atoms with Crippen molar-refractivity contribution in [2.24, 2.45) is 0 Å². The van der Waals surface area contributed by atoms with Crippen LogP contribution in [-0.4, -0.2) is 117 Å². The van der Waals surface area contributed by atoms with Gasteiger partial charge < -0.3 is 54.7 Å². The molecule has 7 N–H and O–H groups in total. The molecule has 0 unspecified atom stereocenters. The monoisotopic (exact) mass is 454 g/mol. The molecule has 11 nitrogen and oxygen atoms in total. The first-order valence-electron chi connectivity index (χ1n) is 11.0. The SMILES string of the molecule is CCCCCCCCO[C@H]1O[C@H](CO[C@H]2O[C@H](CO)[C@@H](O)[C@H](O)[C@@H]2O)[C@@H](O)[C@H](O)[C@H]1O. The van der Waals surface area contributed by atoms with Gasteiger partial charge in [0.2, 0.25) is 0 Å². The van der Waals surface area contributed by atoms with Gasteiger partial charge in [0.05, 0.1) is 13.2 Å². The summed E-state index contributed by atoms with van der Waals surface area (Å²) in [5, 5.41) is 69.3. The van der Waals surface area contributed by atoms with E-state index in [0.29, 0.717) is 6.61 Å². The number of ether oxygens (including phenoxy) is 4. The van der Waals surface area contributed by atoms with E-state index in [1.54, 1.807) is 0 Å². The third-order valence-electron chi connectivity index (χ3n) is 5.72. The van der Waals surface area contributed by atoms with Gasteiger partial charge in [0.15, 0.2) is 12.6 Å². The first-order valence-corrected chi connectivity index (χ1v) is 11.0. The molecule has 10 atom stereocenters. The Kier molecular flexibility index (Phi) is 11.5. The summed E-state index contributed by atoms with van der Waals surface area (Å²) in [7, 11) is 0. The predicted octanol–water partition coefficient (Wildman–Crippen LogP) is -2.01. The molecular weight excluding hydrogens is 416 g/mol. The lowest BCUT2D eigenvalue weighted by molar-refractivity contribution is -0.331. The largest absolute Gasteiger partial charge is 0.394 e. The second kappa shape index (κ2) is 13.3. The number of aliphatic hydroxyl groups is 7. The predicted molar refractivity (Wildman–Crippen MR) is 106 cm³/mol. The van der Waals surface area contributed by atoms with E-state index in [1.807, 2.05) is 0 Å². The number of rotatable bonds is 12. The van der Waals surface area contributed by atoms with Crippen molar-refractivity contribution in [2.75, 3.05) is 19.8 Å². The van der Waals surface area contributed by atoms with E-state index in [1.165, 1.54) is 6.42 Å². The molecule has 0 saturated carbocycles. The van der Waals surface area contributed by atoms with Crippen LogP contribution in [0.1, 0.15) is 45.4 Å². The van der Waals surface area contributed by atoms with Crippen molar-refractivity contribution in [3.05, 3.63) is 0 Å². The first-order chi connectivity index (χ1) is 14.8. The maximum absolute atomic E-state index is 10.2. The van der Waals surface area contributed by atoms with E-state index < -0.39 is 68.0 Å². The molecular formula is C20H38O11. The van der Waals surface area contributed by atoms with Crippen LogP contribution >= 0.6 is 0 Å². The summed E-state index contributed by atoms with van der Waals surface area (Å²) in [6, 6.07) is 0. The van der Waals surface area contributed by atoms with Crippen molar-refractivity contribution < 1.29 is 54.7 Å². The molecule has 2 aliphatic rings. The Hall–Kier alpha value is -0.440. The molecule has 2 saturated heterocycles. The number of hydrogen-bond donors (Lipinski definition) is 7. The van der Waals surface area contributed by atoms with E-state index >= 15 is 0 Å². The standard InChI is InChI=1S/C20H38O11/c1-2-3-4-5-6-7-8-28-19-17(26)16(25)14(23)12(31-19)10-29-20-18(27)15(24)13(22)11(9-21)30-20/h11-27H,2-10H2,1H3/t11-,12-,13-,14-,15+,16+,17-,18+,19+,20+/m1/s1. The van der Waals surface area contributed by atoms with E-state index in [-0.39, 0.29) is 6.61 Å². The minimum absolute atomic E-state index is 0.316. The molecule has 2 heterocycles. The third-order valence-corrected chi connectivity index (χ3v) is 5.72. The molecule has 0 radical (unpaired) electrons. The Morgan fingerprint density at radius 2 is 1.13 bits per heavy atom. The molecule has 0 aliphatic carbocycles. The summed E-state index contributed by atoms with van der Waals surface area (Å²) in [5.41, 5.74) is 0. The van der Waals surface area contributed by atoms with Gasteiger partial charge >= 0.3 is 0 Å². The zero-order valence-corrected chi connectivity index (χ0v) is 17.9. The molecule has 0 spiro atoms. The Bertz CT molecular complexity index is 494. The molecule has 2 fully saturated rings. The summed E-state index contributed by atoms with van der Waals surface area (Å²) < 4.78 is 21.7. The minimum Gasteiger partial charge on any atom is -0.394 e. The normalized spacial score (nSPS) is 41.4. The van der Waals surface area contributed by atoms with E-state index in [2.05, 4.69) is 6.92 Å². The van der Waals surface area contributed by atoms with Crippen molar-refractivity contribution >= 4 is 0 Å². The summed E-state index contributed by atoms with van der Waals surface area (Å²) in [5.74, 6) is 0. The van der Waals surface area contributed by atoms with E-state index in [9.17, 15) is 35.7 Å². The van der Waals surface area contributed by atoms with Gasteiger partial charge in [-0.3, -0.25) is 0 Å². The van der Waals surface area contributed by atoms with E-state index in [4.69, 9.17) is 18.9 Å². The highest BCUT2D eigenvalue weighted by molar-refractivity contribution is 4.91. The quantitative estimate of drug-likeness (QED) is 0.162. The Morgan fingerprint density at radius 1 is 0.613 bits per heavy atom. The average molecular weight is 455 g/mol. The highest BCUT2D eigenvalue weighted by Gasteiger charge is 2.47. The van der Waals surface area contributed by atoms with Gasteiger partial charge in [-0.1, -0.05) is 39.0 Å². The Balaban J connectivity index is 1.83. The van der Waals surface area contributed by atoms with Crippen molar-refractivity contribution in [1.82, 2.24) is 0 Å². The van der Waals surface area contributed by atoms with Gasteiger partial charge in [-0.15, -0.1) is 0 Å². The summed E-state index contributed by atoms with van der Waals surface area (Å²) in [6.07, 6.45) is -7.70. The molecule has 0 bridgehead atoms. The zero-order valence-electron chi connectivity index (χ0n) is 17.9. The third kappa shape index (κ3) is 7.27. The molecule has 0 amide bonds. The van der Waals surface area contributed by atoms with Crippen molar-refractivity contribution in [3.63, 3.8) is 0 Å². The van der Waals surface area contributed by atoms with Crippen LogP contribution in [0.5, 0.6) is 0 Å². The second-order valence-corrected chi connectivity index (χ2v) is 8.18. The minimum atomic E-state index is -1.60. The smallest absolute Gasteiger partial charge is 0.186 e. The van der Waals surface area contributed by atoms with Gasteiger partial charge in [-0.25, -0.2) is 0 Å². The molecule has 0 aromatic rings. The van der Waals surface area contributed by atoms with Crippen molar-refractivity contribution in [3.8, 4) is 0 Å². The van der Waals surface area contributed by atoms with Crippen molar-refractivity contribution in [2.45, 2.75) is 107 Å².